The van der Waals surface area contributed by atoms with Gasteiger partial charge < -0.3 is 9.47 Å². The lowest BCUT2D eigenvalue weighted by Gasteiger charge is -2.16. The fourth-order valence-electron chi connectivity index (χ4n) is 2.25. The highest BCUT2D eigenvalue weighted by Crippen LogP contribution is 2.34. The Hall–Kier alpha value is -2.62. The van der Waals surface area contributed by atoms with Gasteiger partial charge in [-0.1, -0.05) is 24.3 Å². The van der Waals surface area contributed by atoms with Gasteiger partial charge in [0.05, 0.1) is 6.61 Å². The van der Waals surface area contributed by atoms with Crippen molar-refractivity contribution < 1.29 is 18.7 Å². The normalized spacial score (nSPS) is 10.2. The molecule has 0 aliphatic heterocycles. The Morgan fingerprint density at radius 2 is 1.96 bits per heavy atom. The maximum atomic E-state index is 13.7. The van der Waals surface area contributed by atoms with E-state index in [0.29, 0.717) is 35.7 Å². The summed E-state index contributed by atoms with van der Waals surface area (Å²) in [7, 11) is 0. The largest absolute Gasteiger partial charge is 0.490 e. The van der Waals surface area contributed by atoms with E-state index < -0.39 is 0 Å². The number of carbonyl (C=O) groups is 1. The maximum absolute atomic E-state index is 13.7. The molecule has 0 aliphatic rings. The molecule has 2 aromatic carbocycles. The van der Waals surface area contributed by atoms with E-state index in [1.807, 2.05) is 6.92 Å². The van der Waals surface area contributed by atoms with Crippen LogP contribution in [-0.2, 0) is 13.0 Å². The number of benzene rings is 2. The Morgan fingerprint density at radius 1 is 1.17 bits per heavy atom. The summed E-state index contributed by atoms with van der Waals surface area (Å²) in [6.45, 7) is 6.08. The lowest BCUT2D eigenvalue weighted by Crippen LogP contribution is -2.05. The third-order valence-corrected chi connectivity index (χ3v) is 3.28. The van der Waals surface area contributed by atoms with Crippen molar-refractivity contribution in [1.29, 1.82) is 0 Å². The summed E-state index contributed by atoms with van der Waals surface area (Å²) in [5, 5.41) is 0. The second-order valence-corrected chi connectivity index (χ2v) is 4.93. The highest BCUT2D eigenvalue weighted by molar-refractivity contribution is 5.77. The summed E-state index contributed by atoms with van der Waals surface area (Å²) in [5.74, 6) is 0.672. The van der Waals surface area contributed by atoms with Crippen molar-refractivity contribution in [2.45, 2.75) is 20.0 Å². The van der Waals surface area contributed by atoms with Crippen LogP contribution in [0.4, 0.5) is 4.39 Å². The van der Waals surface area contributed by atoms with E-state index in [2.05, 4.69) is 6.58 Å². The minimum absolute atomic E-state index is 0.0807. The molecular weight excluding hydrogens is 295 g/mol. The number of rotatable bonds is 8. The fraction of sp³-hybridized carbons (Fsp3) is 0.211. The molecule has 0 N–H and O–H groups in total. The third kappa shape index (κ3) is 4.19. The van der Waals surface area contributed by atoms with Gasteiger partial charge >= 0.3 is 0 Å². The Kier molecular flexibility index (Phi) is 5.92. The van der Waals surface area contributed by atoms with E-state index >= 15 is 0 Å². The quantitative estimate of drug-likeness (QED) is 0.537. The van der Waals surface area contributed by atoms with Gasteiger partial charge in [0.25, 0.3) is 0 Å². The minimum atomic E-state index is -0.319. The second kappa shape index (κ2) is 8.13. The highest BCUT2D eigenvalue weighted by atomic mass is 19.1. The molecular formula is C19H19FO3. The van der Waals surface area contributed by atoms with Gasteiger partial charge in [0, 0.05) is 16.7 Å². The van der Waals surface area contributed by atoms with Crippen LogP contribution in [-0.4, -0.2) is 12.9 Å². The van der Waals surface area contributed by atoms with Crippen molar-refractivity contribution in [2.24, 2.45) is 0 Å². The summed E-state index contributed by atoms with van der Waals surface area (Å²) in [5.41, 5.74) is 1.74. The number of hydrogen-bond donors (Lipinski definition) is 0. The topological polar surface area (TPSA) is 35.5 Å². The van der Waals surface area contributed by atoms with Crippen LogP contribution in [0.2, 0.25) is 0 Å². The lowest BCUT2D eigenvalue weighted by molar-refractivity contribution is 0.112. The number of carbonyl (C=O) groups excluding carboxylic acids is 1. The predicted octanol–water partition coefficient (Wildman–Crippen LogP) is 4.34. The molecule has 0 fully saturated rings. The lowest BCUT2D eigenvalue weighted by atomic mass is 10.1. The number of halogens is 1. The summed E-state index contributed by atoms with van der Waals surface area (Å²) >= 11 is 0. The van der Waals surface area contributed by atoms with Crippen LogP contribution in [0.3, 0.4) is 0 Å². The average molecular weight is 314 g/mol. The van der Waals surface area contributed by atoms with E-state index in [-0.39, 0.29) is 12.4 Å². The minimum Gasteiger partial charge on any atom is -0.490 e. The number of hydrogen-bond acceptors (Lipinski definition) is 3. The van der Waals surface area contributed by atoms with Crippen LogP contribution in [0, 0.1) is 5.82 Å². The van der Waals surface area contributed by atoms with Gasteiger partial charge in [-0.3, -0.25) is 4.79 Å². The molecule has 0 spiro atoms. The van der Waals surface area contributed by atoms with Crippen molar-refractivity contribution in [2.75, 3.05) is 6.61 Å². The van der Waals surface area contributed by atoms with Gasteiger partial charge in [0.2, 0.25) is 0 Å². The molecule has 0 amide bonds. The smallest absolute Gasteiger partial charge is 0.165 e. The molecule has 0 aromatic heterocycles. The standard InChI is InChI=1S/C19H19FO3/c1-3-7-15-10-14(12-21)11-18(22-4-2)19(15)23-13-16-8-5-6-9-17(16)20/h3,5-6,8-12H,1,4,7,13H2,2H3. The monoisotopic (exact) mass is 314 g/mol. The molecule has 2 rings (SSSR count). The van der Waals surface area contributed by atoms with Crippen LogP contribution in [0.1, 0.15) is 28.4 Å². The van der Waals surface area contributed by atoms with Crippen LogP contribution < -0.4 is 9.47 Å². The third-order valence-electron chi connectivity index (χ3n) is 3.28. The molecule has 2 aromatic rings. The van der Waals surface area contributed by atoms with Crippen molar-refractivity contribution >= 4 is 6.29 Å². The summed E-state index contributed by atoms with van der Waals surface area (Å²) in [6.07, 6.45) is 3.00. The number of aldehydes is 1. The van der Waals surface area contributed by atoms with Crippen LogP contribution in [0.25, 0.3) is 0 Å². The second-order valence-electron chi connectivity index (χ2n) is 4.93. The van der Waals surface area contributed by atoms with Crippen molar-refractivity contribution in [3.63, 3.8) is 0 Å². The molecule has 120 valence electrons. The Labute approximate surface area is 135 Å². The Morgan fingerprint density at radius 3 is 2.61 bits per heavy atom. The van der Waals surface area contributed by atoms with Crippen LogP contribution in [0.5, 0.6) is 11.5 Å². The molecule has 3 nitrogen and oxygen atoms in total. The first-order chi connectivity index (χ1) is 11.2. The first-order valence-corrected chi connectivity index (χ1v) is 7.41. The molecule has 0 atom stereocenters. The molecule has 0 saturated heterocycles. The first-order valence-electron chi connectivity index (χ1n) is 7.41. The van der Waals surface area contributed by atoms with E-state index in [9.17, 15) is 9.18 Å². The maximum Gasteiger partial charge on any atom is 0.165 e. The average Bonchev–Trinajstić information content (AvgIpc) is 2.55. The molecule has 0 saturated carbocycles. The molecule has 4 heteroatoms. The van der Waals surface area contributed by atoms with Gasteiger partial charge in [0.1, 0.15) is 18.7 Å². The summed E-state index contributed by atoms with van der Waals surface area (Å²) in [6, 6.07) is 9.80. The summed E-state index contributed by atoms with van der Waals surface area (Å²) in [4.78, 5) is 11.1. The Bertz CT molecular complexity index is 695. The zero-order valence-electron chi connectivity index (χ0n) is 13.0. The van der Waals surface area contributed by atoms with E-state index in [4.69, 9.17) is 9.47 Å². The van der Waals surface area contributed by atoms with Gasteiger partial charge in [-0.25, -0.2) is 4.39 Å². The number of allylic oxidation sites excluding steroid dienone is 1. The SMILES string of the molecule is C=CCc1cc(C=O)cc(OCC)c1OCc1ccccc1F. The molecule has 0 bridgehead atoms. The molecule has 0 heterocycles. The van der Waals surface area contributed by atoms with Crippen molar-refractivity contribution in [3.8, 4) is 11.5 Å². The van der Waals surface area contributed by atoms with E-state index in [0.717, 1.165) is 11.8 Å². The molecule has 0 radical (unpaired) electrons. The van der Waals surface area contributed by atoms with Crippen LogP contribution >= 0.6 is 0 Å². The van der Waals surface area contributed by atoms with Gasteiger partial charge in [-0.2, -0.15) is 0 Å². The fourth-order valence-corrected chi connectivity index (χ4v) is 2.25. The van der Waals surface area contributed by atoms with Gasteiger partial charge in [-0.15, -0.1) is 6.58 Å². The highest BCUT2D eigenvalue weighted by Gasteiger charge is 2.14. The Balaban J connectivity index is 2.35. The van der Waals surface area contributed by atoms with Gasteiger partial charge in [0.15, 0.2) is 11.5 Å². The predicted molar refractivity (Wildman–Crippen MR) is 87.6 cm³/mol. The summed E-state index contributed by atoms with van der Waals surface area (Å²) < 4.78 is 25.1. The molecule has 23 heavy (non-hydrogen) atoms. The van der Waals surface area contributed by atoms with Gasteiger partial charge in [-0.05, 0) is 31.5 Å². The van der Waals surface area contributed by atoms with E-state index in [1.165, 1.54) is 6.07 Å². The first kappa shape index (κ1) is 16.7. The zero-order valence-corrected chi connectivity index (χ0v) is 13.0. The van der Waals surface area contributed by atoms with Crippen molar-refractivity contribution in [1.82, 2.24) is 0 Å². The molecule has 0 aliphatic carbocycles. The zero-order chi connectivity index (χ0) is 16.7. The van der Waals surface area contributed by atoms with E-state index in [1.54, 1.807) is 36.4 Å². The van der Waals surface area contributed by atoms with Crippen molar-refractivity contribution in [3.05, 3.63) is 71.6 Å². The number of ether oxygens (including phenoxy) is 2. The molecule has 0 unspecified atom stereocenters. The van der Waals surface area contributed by atoms with Crippen LogP contribution in [0.15, 0.2) is 49.1 Å².